The minimum absolute atomic E-state index is 0.0711. The van der Waals surface area contributed by atoms with Crippen LogP contribution >= 0.6 is 0 Å². The van der Waals surface area contributed by atoms with Gasteiger partial charge in [-0.2, -0.15) is 0 Å². The summed E-state index contributed by atoms with van der Waals surface area (Å²) in [5, 5.41) is 1.34. The second-order valence-electron chi connectivity index (χ2n) is 8.32. The summed E-state index contributed by atoms with van der Waals surface area (Å²) in [5.41, 5.74) is 6.77. The molecule has 31 heavy (non-hydrogen) atoms. The van der Waals surface area contributed by atoms with Gasteiger partial charge >= 0.3 is 0 Å². The fourth-order valence-corrected chi connectivity index (χ4v) is 4.39. The average Bonchev–Trinajstić information content (AvgIpc) is 3.44. The third-order valence-electron chi connectivity index (χ3n) is 6.11. The van der Waals surface area contributed by atoms with E-state index in [0.29, 0.717) is 35.7 Å². The monoisotopic (exact) mass is 423 g/mol. The van der Waals surface area contributed by atoms with Crippen molar-refractivity contribution in [2.45, 2.75) is 31.4 Å². The maximum Gasteiger partial charge on any atom is 0.262 e. The lowest BCUT2D eigenvalue weighted by Crippen LogP contribution is -2.27. The van der Waals surface area contributed by atoms with Crippen molar-refractivity contribution in [3.8, 4) is 11.4 Å². The number of nitrogens with two attached hydrogens (primary N) is 1. The molecule has 2 aliphatic heterocycles. The molecule has 7 heteroatoms. The van der Waals surface area contributed by atoms with Crippen LogP contribution in [0.15, 0.2) is 53.5 Å². The van der Waals surface area contributed by atoms with Gasteiger partial charge in [0.1, 0.15) is 18.2 Å². The van der Waals surface area contributed by atoms with Crippen molar-refractivity contribution in [1.29, 1.82) is 0 Å². The molecule has 2 aromatic carbocycles. The molecule has 0 aliphatic carbocycles. The van der Waals surface area contributed by atoms with Gasteiger partial charge in [-0.15, -0.1) is 0 Å². The smallest absolute Gasteiger partial charge is 0.262 e. The third kappa shape index (κ3) is 4.03. The summed E-state index contributed by atoms with van der Waals surface area (Å²) in [6, 6.07) is 12.2. The molecule has 2 fully saturated rings. The van der Waals surface area contributed by atoms with Crippen molar-refractivity contribution >= 4 is 16.5 Å². The number of hydrogen-bond donors (Lipinski definition) is 1. The van der Waals surface area contributed by atoms with Crippen LogP contribution in [-0.2, 0) is 4.74 Å². The fourth-order valence-electron chi connectivity index (χ4n) is 4.39. The highest BCUT2D eigenvalue weighted by Crippen LogP contribution is 2.26. The Labute approximate surface area is 180 Å². The molecule has 0 bridgehead atoms. The van der Waals surface area contributed by atoms with Crippen LogP contribution in [0.5, 0.6) is 5.75 Å². The van der Waals surface area contributed by atoms with Crippen molar-refractivity contribution in [1.82, 2.24) is 4.57 Å². The predicted molar refractivity (Wildman–Crippen MR) is 119 cm³/mol. The molecule has 2 atom stereocenters. The standard InChI is InChI=1S/C24H26FN3O3/c25-22-13-18(3-6-23(22)27-9-8-17(26)14-27)28-10-7-16-12-19(4-5-21(16)24(28)29)31-15-20-2-1-11-30-20/h3-7,10,12-13,17,20H,1-2,8-9,11,14-15,26H2/t17?,20-/m1/s1. The SMILES string of the molecule is NC1CCN(c2ccc(-n3ccc4cc(OC[C@H]5CCCO5)ccc4c3=O)cc2F)C1. The molecule has 1 unspecified atom stereocenters. The largest absolute Gasteiger partial charge is 0.491 e. The van der Waals surface area contributed by atoms with Gasteiger partial charge in [0.15, 0.2) is 0 Å². The molecule has 2 N–H and O–H groups in total. The van der Waals surface area contributed by atoms with E-state index in [4.69, 9.17) is 15.2 Å². The molecule has 162 valence electrons. The molecule has 2 saturated heterocycles. The Morgan fingerprint density at radius 3 is 2.81 bits per heavy atom. The third-order valence-corrected chi connectivity index (χ3v) is 6.11. The summed E-state index contributed by atoms with van der Waals surface area (Å²) in [6.07, 6.45) is 4.74. The first kappa shape index (κ1) is 20.0. The fraction of sp³-hybridized carbons (Fsp3) is 0.375. The van der Waals surface area contributed by atoms with E-state index in [-0.39, 0.29) is 23.5 Å². The van der Waals surface area contributed by atoms with Crippen molar-refractivity contribution < 1.29 is 13.9 Å². The number of ether oxygens (including phenoxy) is 2. The summed E-state index contributed by atoms with van der Waals surface area (Å²) in [6.45, 7) is 2.68. The van der Waals surface area contributed by atoms with Crippen LogP contribution in [0.1, 0.15) is 19.3 Å². The lowest BCUT2D eigenvalue weighted by molar-refractivity contribution is 0.0680. The van der Waals surface area contributed by atoms with Crippen LogP contribution < -0.4 is 20.9 Å². The van der Waals surface area contributed by atoms with Gasteiger partial charge in [0.25, 0.3) is 5.56 Å². The Hall–Kier alpha value is -2.90. The average molecular weight is 423 g/mol. The van der Waals surface area contributed by atoms with Gasteiger partial charge < -0.3 is 20.1 Å². The number of fused-ring (bicyclic) bond motifs is 1. The van der Waals surface area contributed by atoms with Gasteiger partial charge in [0.2, 0.25) is 0 Å². The van der Waals surface area contributed by atoms with Crippen LogP contribution in [0, 0.1) is 5.82 Å². The highest BCUT2D eigenvalue weighted by Gasteiger charge is 2.22. The maximum atomic E-state index is 14.8. The van der Waals surface area contributed by atoms with Gasteiger partial charge in [-0.25, -0.2) is 4.39 Å². The van der Waals surface area contributed by atoms with E-state index in [2.05, 4.69) is 0 Å². The molecule has 3 heterocycles. The molecule has 3 aromatic rings. The number of halogens is 1. The minimum atomic E-state index is -0.350. The molecular formula is C24H26FN3O3. The highest BCUT2D eigenvalue weighted by atomic mass is 19.1. The number of benzene rings is 2. The molecule has 0 saturated carbocycles. The van der Waals surface area contributed by atoms with Gasteiger partial charge in [-0.3, -0.25) is 9.36 Å². The molecule has 0 spiro atoms. The normalized spacial score (nSPS) is 21.2. The van der Waals surface area contributed by atoms with Crippen LogP contribution in [-0.4, -0.2) is 43.0 Å². The zero-order chi connectivity index (χ0) is 21.4. The Balaban J connectivity index is 1.40. The first-order valence-electron chi connectivity index (χ1n) is 10.8. The zero-order valence-corrected chi connectivity index (χ0v) is 17.3. The first-order valence-corrected chi connectivity index (χ1v) is 10.8. The molecule has 5 rings (SSSR count). The number of pyridine rings is 1. The summed E-state index contributed by atoms with van der Waals surface area (Å²) >= 11 is 0. The molecule has 0 radical (unpaired) electrons. The van der Waals surface area contributed by atoms with E-state index >= 15 is 0 Å². The Kier molecular flexibility index (Phi) is 5.38. The molecule has 6 nitrogen and oxygen atoms in total. The van der Waals surface area contributed by atoms with Crippen LogP contribution in [0.25, 0.3) is 16.5 Å². The second-order valence-corrected chi connectivity index (χ2v) is 8.32. The summed E-state index contributed by atoms with van der Waals surface area (Å²) in [5.74, 6) is 0.357. The van der Waals surface area contributed by atoms with E-state index in [0.717, 1.165) is 37.8 Å². The molecule has 1 aromatic heterocycles. The Morgan fingerprint density at radius 1 is 1.16 bits per heavy atom. The van der Waals surface area contributed by atoms with Crippen molar-refractivity contribution in [2.24, 2.45) is 5.73 Å². The maximum absolute atomic E-state index is 14.8. The summed E-state index contributed by atoms with van der Waals surface area (Å²) < 4.78 is 27.7. The number of anilines is 1. The predicted octanol–water partition coefficient (Wildman–Crippen LogP) is 3.23. The van der Waals surface area contributed by atoms with Crippen molar-refractivity contribution in [3.05, 3.63) is 64.8 Å². The second kappa shape index (κ2) is 8.32. The van der Waals surface area contributed by atoms with E-state index in [1.165, 1.54) is 10.6 Å². The van der Waals surface area contributed by atoms with Gasteiger partial charge in [-0.05, 0) is 61.0 Å². The van der Waals surface area contributed by atoms with E-state index in [1.54, 1.807) is 30.5 Å². The number of aromatic nitrogens is 1. The van der Waals surface area contributed by atoms with Gasteiger partial charge in [-0.1, -0.05) is 0 Å². The van der Waals surface area contributed by atoms with E-state index < -0.39 is 0 Å². The van der Waals surface area contributed by atoms with Crippen LogP contribution in [0.2, 0.25) is 0 Å². The quantitative estimate of drug-likeness (QED) is 0.682. The highest BCUT2D eigenvalue weighted by molar-refractivity contribution is 5.83. The lowest BCUT2D eigenvalue weighted by atomic mass is 10.1. The van der Waals surface area contributed by atoms with Crippen LogP contribution in [0.3, 0.4) is 0 Å². The first-order chi connectivity index (χ1) is 15.1. The summed E-state index contributed by atoms with van der Waals surface area (Å²) in [4.78, 5) is 15.0. The Morgan fingerprint density at radius 2 is 2.06 bits per heavy atom. The lowest BCUT2D eigenvalue weighted by Gasteiger charge is -2.19. The number of nitrogens with zero attached hydrogens (tertiary/aromatic N) is 2. The minimum Gasteiger partial charge on any atom is -0.491 e. The number of rotatable bonds is 5. The Bertz CT molecular complexity index is 1160. The van der Waals surface area contributed by atoms with Gasteiger partial charge in [0, 0.05) is 43.4 Å². The van der Waals surface area contributed by atoms with Crippen LogP contribution in [0.4, 0.5) is 10.1 Å². The summed E-state index contributed by atoms with van der Waals surface area (Å²) in [7, 11) is 0. The van der Waals surface area contributed by atoms with E-state index in [1.807, 2.05) is 17.0 Å². The zero-order valence-electron chi connectivity index (χ0n) is 17.3. The molecule has 2 aliphatic rings. The van der Waals surface area contributed by atoms with Gasteiger partial charge in [0.05, 0.1) is 17.5 Å². The molecule has 0 amide bonds. The van der Waals surface area contributed by atoms with Crippen molar-refractivity contribution in [2.75, 3.05) is 31.2 Å². The topological polar surface area (TPSA) is 69.7 Å². The number of hydrogen-bond acceptors (Lipinski definition) is 5. The van der Waals surface area contributed by atoms with E-state index in [9.17, 15) is 9.18 Å². The molecular weight excluding hydrogens is 397 g/mol. The van der Waals surface area contributed by atoms with Crippen molar-refractivity contribution in [3.63, 3.8) is 0 Å².